The van der Waals surface area contributed by atoms with Crippen molar-refractivity contribution in [1.29, 1.82) is 0 Å². The molecule has 1 N–H and O–H groups in total. The van der Waals surface area contributed by atoms with Gasteiger partial charge in [-0.1, -0.05) is 18.7 Å². The first-order valence-electron chi connectivity index (χ1n) is 6.90. The Hall–Kier alpha value is -1.01. The highest BCUT2D eigenvalue weighted by Gasteiger charge is 2.32. The van der Waals surface area contributed by atoms with Crippen LogP contribution in [0.15, 0.2) is 15.9 Å². The zero-order valence-electron chi connectivity index (χ0n) is 12.7. The summed E-state index contributed by atoms with van der Waals surface area (Å²) in [6.07, 6.45) is 4.24. The Morgan fingerprint density at radius 3 is 2.90 bits per heavy atom. The van der Waals surface area contributed by atoms with Crippen molar-refractivity contribution in [2.45, 2.75) is 50.8 Å². The molecule has 0 aliphatic heterocycles. The molecule has 0 bridgehead atoms. The number of oxazole rings is 1. The molecule has 0 aliphatic rings. The summed E-state index contributed by atoms with van der Waals surface area (Å²) in [6, 6.07) is 0. The van der Waals surface area contributed by atoms with Crippen molar-refractivity contribution in [1.82, 2.24) is 10.3 Å². The molecule has 0 fully saturated rings. The van der Waals surface area contributed by atoms with Crippen LogP contribution < -0.4 is 5.32 Å². The Balaban J connectivity index is 2.39. The van der Waals surface area contributed by atoms with Crippen LogP contribution in [0.4, 0.5) is 0 Å². The van der Waals surface area contributed by atoms with Gasteiger partial charge in [0.1, 0.15) is 11.8 Å². The molecular formula is C14H24N2O3S. The summed E-state index contributed by atoms with van der Waals surface area (Å²) in [5, 5.41) is 3.96. The summed E-state index contributed by atoms with van der Waals surface area (Å²) in [7, 11) is 1.43. The van der Waals surface area contributed by atoms with Gasteiger partial charge in [-0.2, -0.15) is 0 Å². The first kappa shape index (κ1) is 17.0. The van der Waals surface area contributed by atoms with Gasteiger partial charge in [-0.25, -0.2) is 4.98 Å². The number of hydrogen-bond acceptors (Lipinski definition) is 6. The summed E-state index contributed by atoms with van der Waals surface area (Å²) < 4.78 is 10.2. The maximum absolute atomic E-state index is 11.9. The monoisotopic (exact) mass is 300 g/mol. The molecule has 0 saturated carbocycles. The standard InChI is InChI=1S/C14H24N2O3S/c1-5-8-15-14(3,12(17)18-4)7-6-9-20-13-16-11(2)10-19-13/h10,15H,5-9H2,1-4H3. The SMILES string of the molecule is CCCNC(C)(CCCSc1nc(C)co1)C(=O)OC. The lowest BCUT2D eigenvalue weighted by Crippen LogP contribution is -2.50. The number of esters is 1. The molecule has 0 aliphatic carbocycles. The normalized spacial score (nSPS) is 14.0. The van der Waals surface area contributed by atoms with Gasteiger partial charge in [0, 0.05) is 5.75 Å². The maximum Gasteiger partial charge on any atom is 0.325 e. The van der Waals surface area contributed by atoms with Gasteiger partial charge in [0.2, 0.25) is 0 Å². The molecule has 0 spiro atoms. The van der Waals surface area contributed by atoms with Crippen molar-refractivity contribution in [3.8, 4) is 0 Å². The number of methoxy groups -OCH3 is 1. The van der Waals surface area contributed by atoms with Crippen LogP contribution in [0.25, 0.3) is 0 Å². The van der Waals surface area contributed by atoms with E-state index in [4.69, 9.17) is 9.15 Å². The fourth-order valence-corrected chi connectivity index (χ4v) is 2.66. The number of nitrogens with one attached hydrogen (secondary N) is 1. The molecule has 1 atom stereocenters. The molecule has 1 rings (SSSR count). The van der Waals surface area contributed by atoms with E-state index >= 15 is 0 Å². The second-order valence-corrected chi connectivity index (χ2v) is 6.00. The highest BCUT2D eigenvalue weighted by Crippen LogP contribution is 2.21. The first-order chi connectivity index (χ1) is 9.51. The van der Waals surface area contributed by atoms with Crippen LogP contribution in [0, 0.1) is 6.92 Å². The van der Waals surface area contributed by atoms with Gasteiger partial charge >= 0.3 is 5.97 Å². The predicted molar refractivity (Wildman–Crippen MR) is 79.9 cm³/mol. The number of rotatable bonds is 9. The number of ether oxygens (including phenoxy) is 1. The average Bonchev–Trinajstić information content (AvgIpc) is 2.86. The number of aromatic nitrogens is 1. The largest absolute Gasteiger partial charge is 0.468 e. The summed E-state index contributed by atoms with van der Waals surface area (Å²) in [5.41, 5.74) is 0.272. The van der Waals surface area contributed by atoms with Crippen LogP contribution in [0.1, 0.15) is 38.8 Å². The van der Waals surface area contributed by atoms with Gasteiger partial charge < -0.3 is 14.5 Å². The molecule has 1 unspecified atom stereocenters. The van der Waals surface area contributed by atoms with Crippen LogP contribution in [0.2, 0.25) is 0 Å². The zero-order valence-corrected chi connectivity index (χ0v) is 13.5. The minimum atomic E-state index is -0.613. The number of nitrogens with zero attached hydrogens (tertiary/aromatic N) is 1. The zero-order chi connectivity index (χ0) is 15.0. The smallest absolute Gasteiger partial charge is 0.325 e. The van der Waals surface area contributed by atoms with E-state index in [0.717, 1.165) is 37.3 Å². The minimum absolute atomic E-state index is 0.206. The van der Waals surface area contributed by atoms with Crippen LogP contribution >= 0.6 is 11.8 Å². The van der Waals surface area contributed by atoms with E-state index in [9.17, 15) is 4.79 Å². The Bertz CT molecular complexity index is 422. The Labute approximate surface area is 124 Å². The third kappa shape index (κ3) is 5.17. The quantitative estimate of drug-likeness (QED) is 0.430. The molecule has 0 saturated heterocycles. The second-order valence-electron chi connectivity index (χ2n) is 4.96. The highest BCUT2D eigenvalue weighted by molar-refractivity contribution is 7.99. The van der Waals surface area contributed by atoms with Gasteiger partial charge in [-0.05, 0) is 39.7 Å². The van der Waals surface area contributed by atoms with Crippen molar-refractivity contribution in [3.63, 3.8) is 0 Å². The van der Waals surface area contributed by atoms with Crippen molar-refractivity contribution in [3.05, 3.63) is 12.0 Å². The van der Waals surface area contributed by atoms with Crippen LogP contribution in [-0.4, -0.2) is 35.9 Å². The van der Waals surface area contributed by atoms with E-state index in [1.54, 1.807) is 18.0 Å². The van der Waals surface area contributed by atoms with Crippen molar-refractivity contribution < 1.29 is 13.9 Å². The molecular weight excluding hydrogens is 276 g/mol. The number of carbonyl (C=O) groups excluding carboxylic acids is 1. The third-order valence-electron chi connectivity index (χ3n) is 3.05. The average molecular weight is 300 g/mol. The van der Waals surface area contributed by atoms with Crippen LogP contribution in [-0.2, 0) is 9.53 Å². The van der Waals surface area contributed by atoms with Crippen LogP contribution in [0.3, 0.4) is 0 Å². The molecule has 0 aromatic carbocycles. The molecule has 1 heterocycles. The lowest BCUT2D eigenvalue weighted by molar-refractivity contribution is -0.148. The third-order valence-corrected chi connectivity index (χ3v) is 3.97. The Morgan fingerprint density at radius 2 is 2.35 bits per heavy atom. The van der Waals surface area contributed by atoms with Crippen LogP contribution in [0.5, 0.6) is 0 Å². The van der Waals surface area contributed by atoms with Gasteiger partial charge in [0.15, 0.2) is 0 Å². The number of thioether (sulfide) groups is 1. The van der Waals surface area contributed by atoms with E-state index in [1.807, 2.05) is 13.8 Å². The lowest BCUT2D eigenvalue weighted by atomic mass is 9.96. The number of carbonyl (C=O) groups is 1. The number of aryl methyl sites for hydroxylation is 1. The van der Waals surface area contributed by atoms with Crippen molar-refractivity contribution >= 4 is 17.7 Å². The fraction of sp³-hybridized carbons (Fsp3) is 0.714. The van der Waals surface area contributed by atoms with Crippen molar-refractivity contribution in [2.24, 2.45) is 0 Å². The van der Waals surface area contributed by atoms with E-state index < -0.39 is 5.54 Å². The van der Waals surface area contributed by atoms with E-state index in [-0.39, 0.29) is 5.97 Å². The summed E-state index contributed by atoms with van der Waals surface area (Å²) >= 11 is 1.57. The molecule has 0 radical (unpaired) electrons. The van der Waals surface area contributed by atoms with E-state index in [0.29, 0.717) is 5.22 Å². The van der Waals surface area contributed by atoms with Crippen molar-refractivity contribution in [2.75, 3.05) is 19.4 Å². The molecule has 1 aromatic rings. The van der Waals surface area contributed by atoms with Gasteiger partial charge in [0.05, 0.1) is 12.8 Å². The lowest BCUT2D eigenvalue weighted by Gasteiger charge is -2.27. The topological polar surface area (TPSA) is 64.4 Å². The van der Waals surface area contributed by atoms with Gasteiger partial charge in [-0.3, -0.25) is 4.79 Å². The second kappa shape index (κ2) is 8.32. The Morgan fingerprint density at radius 1 is 1.60 bits per heavy atom. The number of hydrogen-bond donors (Lipinski definition) is 1. The predicted octanol–water partition coefficient (Wildman–Crippen LogP) is 2.79. The summed E-state index contributed by atoms with van der Waals surface area (Å²) in [4.78, 5) is 16.1. The summed E-state index contributed by atoms with van der Waals surface area (Å²) in [5.74, 6) is 0.656. The van der Waals surface area contributed by atoms with Gasteiger partial charge in [0.25, 0.3) is 5.22 Å². The summed E-state index contributed by atoms with van der Waals surface area (Å²) in [6.45, 7) is 6.67. The van der Waals surface area contributed by atoms with Gasteiger partial charge in [-0.15, -0.1) is 0 Å². The first-order valence-corrected chi connectivity index (χ1v) is 7.88. The maximum atomic E-state index is 11.9. The highest BCUT2D eigenvalue weighted by atomic mass is 32.2. The molecule has 114 valence electrons. The van der Waals surface area contributed by atoms with E-state index in [1.165, 1.54) is 7.11 Å². The Kier molecular flexibility index (Phi) is 7.09. The molecule has 1 aromatic heterocycles. The molecule has 0 amide bonds. The molecule has 6 heteroatoms. The fourth-order valence-electron chi connectivity index (χ4n) is 1.87. The molecule has 20 heavy (non-hydrogen) atoms. The minimum Gasteiger partial charge on any atom is -0.468 e. The van der Waals surface area contributed by atoms with E-state index in [2.05, 4.69) is 17.2 Å². The molecule has 5 nitrogen and oxygen atoms in total.